The molecule has 7 heteroatoms. The lowest BCUT2D eigenvalue weighted by Gasteiger charge is -2.08. The summed E-state index contributed by atoms with van der Waals surface area (Å²) in [5.74, 6) is 0. The van der Waals surface area contributed by atoms with E-state index in [2.05, 4.69) is 15.0 Å². The Labute approximate surface area is 104 Å². The maximum absolute atomic E-state index is 12.7. The molecular formula is C11H5ClF3N3. The standard InChI is InChI=1S/C11H5ClF3N3/c12-8-1-5-6-3-16-4-17-10(6)18-9(5)2-7(8)11(13,14)15/h1-4H,(H,16,17,18). The molecule has 0 radical (unpaired) electrons. The Kier molecular flexibility index (Phi) is 2.25. The Balaban J connectivity index is 2.40. The van der Waals surface area contributed by atoms with Gasteiger partial charge in [-0.2, -0.15) is 13.2 Å². The number of nitrogens with one attached hydrogen (secondary N) is 1. The van der Waals surface area contributed by atoms with Crippen LogP contribution in [0.3, 0.4) is 0 Å². The van der Waals surface area contributed by atoms with Crippen LogP contribution in [0.15, 0.2) is 24.7 Å². The number of hydrogen-bond acceptors (Lipinski definition) is 2. The summed E-state index contributed by atoms with van der Waals surface area (Å²) in [6, 6.07) is 2.27. The van der Waals surface area contributed by atoms with Gasteiger partial charge in [0.1, 0.15) is 12.0 Å². The number of halogens is 4. The maximum atomic E-state index is 12.7. The summed E-state index contributed by atoms with van der Waals surface area (Å²) < 4.78 is 38.1. The van der Waals surface area contributed by atoms with Crippen LogP contribution in [0, 0.1) is 0 Å². The molecule has 3 nitrogen and oxygen atoms in total. The highest BCUT2D eigenvalue weighted by atomic mass is 35.5. The van der Waals surface area contributed by atoms with E-state index in [1.165, 1.54) is 18.6 Å². The first-order chi connectivity index (χ1) is 8.47. The quantitative estimate of drug-likeness (QED) is 0.676. The molecule has 0 spiro atoms. The number of benzene rings is 1. The second-order valence-electron chi connectivity index (χ2n) is 3.79. The Morgan fingerprint density at radius 3 is 2.67 bits per heavy atom. The number of hydrogen-bond donors (Lipinski definition) is 1. The number of rotatable bonds is 0. The average molecular weight is 272 g/mol. The van der Waals surface area contributed by atoms with Gasteiger partial charge in [-0.15, -0.1) is 0 Å². The van der Waals surface area contributed by atoms with E-state index in [0.717, 1.165) is 6.07 Å². The first-order valence-corrected chi connectivity index (χ1v) is 5.33. The van der Waals surface area contributed by atoms with Gasteiger partial charge in [0.15, 0.2) is 0 Å². The Morgan fingerprint density at radius 2 is 1.94 bits per heavy atom. The molecule has 0 saturated heterocycles. The molecule has 0 aliphatic carbocycles. The fourth-order valence-electron chi connectivity index (χ4n) is 1.87. The molecule has 3 rings (SSSR count). The van der Waals surface area contributed by atoms with E-state index in [1.807, 2.05) is 0 Å². The molecule has 0 aliphatic rings. The molecule has 18 heavy (non-hydrogen) atoms. The Morgan fingerprint density at radius 1 is 1.17 bits per heavy atom. The molecule has 0 bridgehead atoms. The molecule has 0 atom stereocenters. The van der Waals surface area contributed by atoms with Crippen molar-refractivity contribution >= 4 is 33.5 Å². The highest BCUT2D eigenvalue weighted by Crippen LogP contribution is 2.38. The number of aromatic nitrogens is 3. The monoisotopic (exact) mass is 271 g/mol. The molecular weight excluding hydrogens is 267 g/mol. The zero-order chi connectivity index (χ0) is 12.9. The van der Waals surface area contributed by atoms with Crippen molar-refractivity contribution in [2.75, 3.05) is 0 Å². The average Bonchev–Trinajstić information content (AvgIpc) is 2.65. The van der Waals surface area contributed by atoms with Crippen molar-refractivity contribution in [3.63, 3.8) is 0 Å². The zero-order valence-corrected chi connectivity index (χ0v) is 9.47. The van der Waals surface area contributed by atoms with Crippen LogP contribution >= 0.6 is 11.6 Å². The minimum atomic E-state index is -4.48. The Bertz CT molecular complexity index is 748. The molecule has 1 N–H and O–H groups in total. The van der Waals surface area contributed by atoms with Crippen molar-refractivity contribution in [3.05, 3.63) is 35.2 Å². The Hall–Kier alpha value is -1.82. The topological polar surface area (TPSA) is 41.6 Å². The molecule has 0 fully saturated rings. The van der Waals surface area contributed by atoms with Gasteiger partial charge in [0, 0.05) is 22.5 Å². The van der Waals surface area contributed by atoms with Gasteiger partial charge < -0.3 is 4.98 Å². The SMILES string of the molecule is FC(F)(F)c1cc2[nH]c3ncncc3c2cc1Cl. The third-order valence-corrected chi connectivity index (χ3v) is 2.98. The first kappa shape index (κ1) is 11.3. The maximum Gasteiger partial charge on any atom is 0.417 e. The normalized spacial score (nSPS) is 12.4. The molecule has 0 aliphatic heterocycles. The van der Waals surface area contributed by atoms with Gasteiger partial charge in [0.05, 0.1) is 10.6 Å². The predicted octanol–water partition coefficient (Wildman–Crippen LogP) is 3.78. The van der Waals surface area contributed by atoms with Gasteiger partial charge in [0.2, 0.25) is 0 Å². The van der Waals surface area contributed by atoms with E-state index in [-0.39, 0.29) is 5.02 Å². The largest absolute Gasteiger partial charge is 0.417 e. The number of nitrogens with zero attached hydrogens (tertiary/aromatic N) is 2. The third kappa shape index (κ3) is 1.60. The molecule has 92 valence electrons. The molecule has 3 aromatic rings. The van der Waals surface area contributed by atoms with Gasteiger partial charge in [-0.05, 0) is 12.1 Å². The second-order valence-corrected chi connectivity index (χ2v) is 4.19. The van der Waals surface area contributed by atoms with Crippen LogP contribution in [-0.2, 0) is 6.18 Å². The van der Waals surface area contributed by atoms with E-state index >= 15 is 0 Å². The lowest BCUT2D eigenvalue weighted by atomic mass is 10.1. The van der Waals surface area contributed by atoms with Crippen LogP contribution in [-0.4, -0.2) is 15.0 Å². The van der Waals surface area contributed by atoms with Crippen molar-refractivity contribution in [2.45, 2.75) is 6.18 Å². The van der Waals surface area contributed by atoms with E-state index in [0.29, 0.717) is 21.9 Å². The second kappa shape index (κ2) is 3.58. The predicted molar refractivity (Wildman–Crippen MR) is 61.4 cm³/mol. The van der Waals surface area contributed by atoms with Crippen LogP contribution in [0.25, 0.3) is 21.9 Å². The van der Waals surface area contributed by atoms with Crippen molar-refractivity contribution in [1.82, 2.24) is 15.0 Å². The minimum Gasteiger partial charge on any atom is -0.339 e. The minimum absolute atomic E-state index is 0.334. The molecule has 2 heterocycles. The molecule has 1 aromatic carbocycles. The highest BCUT2D eigenvalue weighted by Gasteiger charge is 2.33. The van der Waals surface area contributed by atoms with E-state index < -0.39 is 11.7 Å². The molecule has 0 unspecified atom stereocenters. The van der Waals surface area contributed by atoms with Crippen molar-refractivity contribution < 1.29 is 13.2 Å². The van der Waals surface area contributed by atoms with E-state index in [1.54, 1.807) is 0 Å². The summed E-state index contributed by atoms with van der Waals surface area (Å²) >= 11 is 5.67. The number of fused-ring (bicyclic) bond motifs is 3. The van der Waals surface area contributed by atoms with Gasteiger partial charge in [-0.1, -0.05) is 11.6 Å². The van der Waals surface area contributed by atoms with Gasteiger partial charge >= 0.3 is 6.18 Å². The van der Waals surface area contributed by atoms with E-state index in [9.17, 15) is 13.2 Å². The fourth-order valence-corrected chi connectivity index (χ4v) is 2.14. The number of alkyl halides is 3. The van der Waals surface area contributed by atoms with Crippen LogP contribution in [0.1, 0.15) is 5.56 Å². The summed E-state index contributed by atoms with van der Waals surface area (Å²) in [4.78, 5) is 10.6. The van der Waals surface area contributed by atoms with Crippen molar-refractivity contribution in [2.24, 2.45) is 0 Å². The smallest absolute Gasteiger partial charge is 0.339 e. The van der Waals surface area contributed by atoms with Crippen LogP contribution < -0.4 is 0 Å². The van der Waals surface area contributed by atoms with Crippen LogP contribution in [0.4, 0.5) is 13.2 Å². The van der Waals surface area contributed by atoms with Gasteiger partial charge in [-0.25, -0.2) is 9.97 Å². The molecule has 2 aromatic heterocycles. The van der Waals surface area contributed by atoms with Crippen molar-refractivity contribution in [1.29, 1.82) is 0 Å². The molecule has 0 saturated carbocycles. The first-order valence-electron chi connectivity index (χ1n) is 4.95. The summed E-state index contributed by atoms with van der Waals surface area (Å²) in [5, 5.41) is 0.881. The number of aromatic amines is 1. The van der Waals surface area contributed by atoms with Gasteiger partial charge in [0.25, 0.3) is 0 Å². The summed E-state index contributed by atoms with van der Waals surface area (Å²) in [7, 11) is 0. The lowest BCUT2D eigenvalue weighted by molar-refractivity contribution is -0.137. The third-order valence-electron chi connectivity index (χ3n) is 2.67. The number of H-pyrrole nitrogens is 1. The highest BCUT2D eigenvalue weighted by molar-refractivity contribution is 6.32. The summed E-state index contributed by atoms with van der Waals surface area (Å²) in [6.45, 7) is 0. The summed E-state index contributed by atoms with van der Waals surface area (Å²) in [5.41, 5.74) is -0.0474. The lowest BCUT2D eigenvalue weighted by Crippen LogP contribution is -2.05. The zero-order valence-electron chi connectivity index (χ0n) is 8.72. The summed E-state index contributed by atoms with van der Waals surface area (Å²) in [6.07, 6.45) is -1.62. The van der Waals surface area contributed by atoms with Crippen LogP contribution in [0.5, 0.6) is 0 Å². The van der Waals surface area contributed by atoms with Crippen molar-refractivity contribution in [3.8, 4) is 0 Å². The van der Waals surface area contributed by atoms with E-state index in [4.69, 9.17) is 11.6 Å². The molecule has 0 amide bonds. The fraction of sp³-hybridized carbons (Fsp3) is 0.0909. The van der Waals surface area contributed by atoms with Crippen LogP contribution in [0.2, 0.25) is 5.02 Å². The van der Waals surface area contributed by atoms with Gasteiger partial charge in [-0.3, -0.25) is 0 Å².